The van der Waals surface area contributed by atoms with Crippen LogP contribution in [0, 0.1) is 13.8 Å². The molecule has 3 N–H and O–H groups in total. The lowest BCUT2D eigenvalue weighted by Gasteiger charge is -2.21. The Labute approximate surface area is 255 Å². The average Bonchev–Trinajstić information content (AvgIpc) is 3.77. The number of hydrogen-bond acceptors (Lipinski definition) is 9. The van der Waals surface area contributed by atoms with E-state index in [0.717, 1.165) is 38.5 Å². The maximum Gasteiger partial charge on any atom is 0.330 e. The molecule has 1 aliphatic heterocycles. The standard InChI is InChI=1S/C32H38N6O4S/c1-19-24-13-6-9-22(25(24)17-34-19)10-7-15-33-32-36-20(2)28(21(3)37-32)30(40)38-26(31(41)42-23-11-4-5-12-23)18-35-29(39)27-14-8-16-43-27/h6,8-9,13-14,16-17,19,23,26H,4-5,7,10-12,15,18H2,1-3H3,(H,35,39)(H,38,40)(H,33,36,37). The van der Waals surface area contributed by atoms with Gasteiger partial charge in [-0.25, -0.2) is 14.8 Å². The first-order chi connectivity index (χ1) is 20.8. The van der Waals surface area contributed by atoms with Crippen LogP contribution in [0.1, 0.15) is 93.2 Å². The first-order valence-corrected chi connectivity index (χ1v) is 15.7. The molecule has 5 rings (SSSR count). The fourth-order valence-corrected chi connectivity index (χ4v) is 6.25. The van der Waals surface area contributed by atoms with Crippen molar-refractivity contribution in [1.29, 1.82) is 0 Å². The van der Waals surface area contributed by atoms with E-state index >= 15 is 0 Å². The van der Waals surface area contributed by atoms with Crippen LogP contribution >= 0.6 is 11.3 Å². The molecule has 1 fully saturated rings. The first-order valence-electron chi connectivity index (χ1n) is 14.9. The monoisotopic (exact) mass is 602 g/mol. The molecule has 2 aliphatic rings. The number of carbonyl (C=O) groups is 3. The zero-order valence-corrected chi connectivity index (χ0v) is 25.6. The van der Waals surface area contributed by atoms with Gasteiger partial charge < -0.3 is 20.7 Å². The summed E-state index contributed by atoms with van der Waals surface area (Å²) in [5.41, 5.74) is 5.05. The number of nitrogens with zero attached hydrogens (tertiary/aromatic N) is 3. The Bertz CT molecular complexity index is 1480. The van der Waals surface area contributed by atoms with Gasteiger partial charge in [0.25, 0.3) is 11.8 Å². The lowest BCUT2D eigenvalue weighted by molar-refractivity contribution is -0.150. The number of nitrogens with one attached hydrogen (secondary N) is 3. The maximum atomic E-state index is 13.4. The van der Waals surface area contributed by atoms with Crippen molar-refractivity contribution in [1.82, 2.24) is 20.6 Å². The van der Waals surface area contributed by atoms with Gasteiger partial charge >= 0.3 is 5.97 Å². The average molecular weight is 603 g/mol. The van der Waals surface area contributed by atoms with Crippen LogP contribution in [0.4, 0.5) is 5.95 Å². The minimum absolute atomic E-state index is 0.0952. The number of benzene rings is 1. The summed E-state index contributed by atoms with van der Waals surface area (Å²) in [5.74, 6) is -0.922. The second-order valence-corrected chi connectivity index (χ2v) is 12.0. The molecule has 11 heteroatoms. The summed E-state index contributed by atoms with van der Waals surface area (Å²) >= 11 is 1.30. The predicted molar refractivity (Wildman–Crippen MR) is 167 cm³/mol. The summed E-state index contributed by atoms with van der Waals surface area (Å²) in [6.45, 7) is 6.16. The van der Waals surface area contributed by atoms with Crippen molar-refractivity contribution in [3.63, 3.8) is 0 Å². The van der Waals surface area contributed by atoms with E-state index in [-0.39, 0.29) is 24.6 Å². The number of thiophene rings is 1. The van der Waals surface area contributed by atoms with Crippen LogP contribution in [0.25, 0.3) is 0 Å². The molecule has 0 bridgehead atoms. The van der Waals surface area contributed by atoms with E-state index in [4.69, 9.17) is 4.74 Å². The third kappa shape index (κ3) is 7.45. The topological polar surface area (TPSA) is 135 Å². The molecule has 3 heterocycles. The molecule has 1 aromatic carbocycles. The van der Waals surface area contributed by atoms with Crippen LogP contribution in [-0.4, -0.2) is 59.2 Å². The van der Waals surface area contributed by atoms with Gasteiger partial charge in [-0.2, -0.15) is 0 Å². The third-order valence-electron chi connectivity index (χ3n) is 7.90. The third-order valence-corrected chi connectivity index (χ3v) is 8.77. The van der Waals surface area contributed by atoms with Gasteiger partial charge in [0.2, 0.25) is 5.95 Å². The largest absolute Gasteiger partial charge is 0.461 e. The molecule has 2 atom stereocenters. The van der Waals surface area contributed by atoms with Crippen molar-refractivity contribution in [2.24, 2.45) is 4.99 Å². The highest BCUT2D eigenvalue weighted by Crippen LogP contribution is 2.28. The van der Waals surface area contributed by atoms with Crippen molar-refractivity contribution >= 4 is 41.3 Å². The summed E-state index contributed by atoms with van der Waals surface area (Å²) in [4.78, 5) is 53.1. The first kappa shape index (κ1) is 30.3. The van der Waals surface area contributed by atoms with E-state index in [9.17, 15) is 14.4 Å². The number of hydrogen-bond donors (Lipinski definition) is 3. The molecular weight excluding hydrogens is 564 g/mol. The lowest BCUT2D eigenvalue weighted by Crippen LogP contribution is -2.50. The Kier molecular flexibility index (Phi) is 9.81. The highest BCUT2D eigenvalue weighted by molar-refractivity contribution is 7.12. The molecule has 10 nitrogen and oxygen atoms in total. The molecule has 0 saturated heterocycles. The smallest absolute Gasteiger partial charge is 0.330 e. The molecule has 3 aromatic rings. The Morgan fingerprint density at radius 2 is 1.81 bits per heavy atom. The summed E-state index contributed by atoms with van der Waals surface area (Å²) in [5, 5.41) is 10.6. The number of amides is 2. The number of ether oxygens (including phenoxy) is 1. The van der Waals surface area contributed by atoms with E-state index < -0.39 is 17.9 Å². The molecule has 2 amide bonds. The second kappa shape index (κ2) is 13.9. The van der Waals surface area contributed by atoms with Crippen molar-refractivity contribution in [3.8, 4) is 0 Å². The van der Waals surface area contributed by atoms with Crippen LogP contribution in [0.3, 0.4) is 0 Å². The number of aliphatic imine (C=N–C) groups is 1. The fraction of sp³-hybridized carbons (Fsp3) is 0.438. The van der Waals surface area contributed by atoms with E-state index in [2.05, 4.69) is 56.0 Å². The summed E-state index contributed by atoms with van der Waals surface area (Å²) < 4.78 is 5.68. The van der Waals surface area contributed by atoms with E-state index in [1.54, 1.807) is 31.4 Å². The van der Waals surface area contributed by atoms with E-state index in [1.165, 1.54) is 28.0 Å². The SMILES string of the molecule is Cc1nc(NCCCc2cccc3c2C=NC3C)nc(C)c1C(=O)NC(CNC(=O)c1cccs1)C(=O)OC1CCCC1. The van der Waals surface area contributed by atoms with Gasteiger partial charge in [-0.1, -0.05) is 24.3 Å². The van der Waals surface area contributed by atoms with Gasteiger partial charge in [-0.15, -0.1) is 11.3 Å². The zero-order valence-electron chi connectivity index (χ0n) is 24.8. The Morgan fingerprint density at radius 3 is 2.53 bits per heavy atom. The second-order valence-electron chi connectivity index (χ2n) is 11.1. The Morgan fingerprint density at radius 1 is 1.05 bits per heavy atom. The number of carbonyl (C=O) groups excluding carboxylic acids is 3. The summed E-state index contributed by atoms with van der Waals surface area (Å²) in [7, 11) is 0. The summed E-state index contributed by atoms with van der Waals surface area (Å²) in [6.07, 6.45) is 7.19. The predicted octanol–water partition coefficient (Wildman–Crippen LogP) is 4.71. The molecule has 2 unspecified atom stereocenters. The van der Waals surface area contributed by atoms with Crippen molar-refractivity contribution < 1.29 is 19.1 Å². The molecule has 0 spiro atoms. The van der Waals surface area contributed by atoms with Crippen LogP contribution in [0.5, 0.6) is 0 Å². The van der Waals surface area contributed by atoms with E-state index in [0.29, 0.717) is 34.3 Å². The van der Waals surface area contributed by atoms with Crippen molar-refractivity contribution in [2.75, 3.05) is 18.4 Å². The van der Waals surface area contributed by atoms with Crippen molar-refractivity contribution in [3.05, 3.63) is 74.2 Å². The van der Waals surface area contributed by atoms with Crippen LogP contribution in [0.2, 0.25) is 0 Å². The maximum absolute atomic E-state index is 13.4. The molecule has 2 aromatic heterocycles. The molecule has 1 saturated carbocycles. The minimum Gasteiger partial charge on any atom is -0.461 e. The quantitative estimate of drug-likeness (QED) is 0.202. The van der Waals surface area contributed by atoms with Crippen LogP contribution < -0.4 is 16.0 Å². The molecule has 0 radical (unpaired) electrons. The van der Waals surface area contributed by atoms with Gasteiger partial charge in [-0.05, 0) is 81.9 Å². The van der Waals surface area contributed by atoms with Gasteiger partial charge in [0.15, 0.2) is 0 Å². The molecular formula is C32H38N6O4S. The van der Waals surface area contributed by atoms with Crippen LogP contribution in [0.15, 0.2) is 40.7 Å². The van der Waals surface area contributed by atoms with Gasteiger partial charge in [-0.3, -0.25) is 14.6 Å². The normalized spacial score (nSPS) is 16.5. The van der Waals surface area contributed by atoms with Gasteiger partial charge in [0, 0.05) is 24.9 Å². The zero-order chi connectivity index (χ0) is 30.3. The highest BCUT2D eigenvalue weighted by Gasteiger charge is 2.29. The highest BCUT2D eigenvalue weighted by atomic mass is 32.1. The van der Waals surface area contributed by atoms with Gasteiger partial charge in [0.05, 0.1) is 27.9 Å². The Balaban J connectivity index is 1.20. The van der Waals surface area contributed by atoms with Crippen LogP contribution in [-0.2, 0) is 16.0 Å². The van der Waals surface area contributed by atoms with Gasteiger partial charge in [0.1, 0.15) is 12.1 Å². The summed E-state index contributed by atoms with van der Waals surface area (Å²) in [6, 6.07) is 9.00. The van der Waals surface area contributed by atoms with Crippen molar-refractivity contribution in [2.45, 2.75) is 77.5 Å². The minimum atomic E-state index is -1.05. The molecule has 226 valence electrons. The number of aryl methyl sites for hydroxylation is 3. The number of rotatable bonds is 12. The number of anilines is 1. The Hall–Kier alpha value is -4.12. The fourth-order valence-electron chi connectivity index (χ4n) is 5.61. The molecule has 43 heavy (non-hydrogen) atoms. The molecule has 1 aliphatic carbocycles. The number of fused-ring (bicyclic) bond motifs is 1. The van der Waals surface area contributed by atoms with E-state index in [1.807, 2.05) is 6.21 Å². The number of aromatic nitrogens is 2. The lowest BCUT2D eigenvalue weighted by atomic mass is 9.97. The number of esters is 1.